The number of likely N-dealkylation sites (N-methyl/N-ethyl adjacent to an activating group) is 1. The Morgan fingerprint density at radius 3 is 2.52 bits per heavy atom. The maximum atomic E-state index is 13.8. The maximum absolute atomic E-state index is 13.8. The van der Waals surface area contributed by atoms with Gasteiger partial charge in [-0.3, -0.25) is 14.5 Å². The molecule has 1 atom stereocenters. The Hall–Kier alpha value is -3.56. The molecule has 0 fully saturated rings. The van der Waals surface area contributed by atoms with Gasteiger partial charge < -0.3 is 10.6 Å². The van der Waals surface area contributed by atoms with Gasteiger partial charge >= 0.3 is 0 Å². The average molecular weight is 431 g/mol. The van der Waals surface area contributed by atoms with Crippen LogP contribution in [0.4, 0.5) is 11.4 Å². The van der Waals surface area contributed by atoms with Crippen molar-refractivity contribution in [2.75, 3.05) is 16.8 Å². The normalized spacial score (nSPS) is 22.7. The van der Waals surface area contributed by atoms with Crippen LogP contribution in [-0.2, 0) is 15.0 Å². The molecule has 2 N–H and O–H groups in total. The Bertz CT molecular complexity index is 1260. The summed E-state index contributed by atoms with van der Waals surface area (Å²) in [5.41, 5.74) is 8.21. The summed E-state index contributed by atoms with van der Waals surface area (Å²) in [6.45, 7) is 0. The summed E-state index contributed by atoms with van der Waals surface area (Å²) in [7, 11) is 1.67. The molecule has 0 saturated carbocycles. The minimum absolute atomic E-state index is 0.0817. The van der Waals surface area contributed by atoms with Gasteiger partial charge in [-0.25, -0.2) is 0 Å². The Balaban J connectivity index is 1.89. The van der Waals surface area contributed by atoms with E-state index in [1.54, 1.807) is 36.2 Å². The number of amides is 1. The predicted molar refractivity (Wildman–Crippen MR) is 118 cm³/mol. The van der Waals surface area contributed by atoms with Gasteiger partial charge in [0.25, 0.3) is 0 Å². The molecule has 0 radical (unpaired) electrons. The highest BCUT2D eigenvalue weighted by atomic mass is 35.5. The largest absolute Gasteiger partial charge is 0.384 e. The third-order valence-electron chi connectivity index (χ3n) is 6.39. The highest BCUT2D eigenvalue weighted by Gasteiger charge is 2.61. The topological polar surface area (TPSA) is 90.4 Å². The fourth-order valence-electron chi connectivity index (χ4n) is 5.12. The summed E-state index contributed by atoms with van der Waals surface area (Å²) in [5, 5.41) is 10.8. The van der Waals surface area contributed by atoms with E-state index < -0.39 is 5.41 Å². The van der Waals surface area contributed by atoms with Gasteiger partial charge in [-0.05, 0) is 43.2 Å². The van der Waals surface area contributed by atoms with E-state index in [0.29, 0.717) is 52.5 Å². The molecule has 0 bridgehead atoms. The molecule has 1 aliphatic carbocycles. The number of nitrogens with two attached hydrogens (primary N) is 1. The molecular formula is C24H19ClN4O2. The summed E-state index contributed by atoms with van der Waals surface area (Å²) in [4.78, 5) is 30.5. The highest BCUT2D eigenvalue weighted by molar-refractivity contribution is 6.30. The number of carbonyl (C=O) groups excluding carboxylic acids is 2. The third-order valence-corrected chi connectivity index (χ3v) is 6.65. The number of anilines is 2. The first-order chi connectivity index (χ1) is 14.9. The van der Waals surface area contributed by atoms with E-state index in [1.165, 1.54) is 4.90 Å². The Morgan fingerprint density at radius 2 is 1.81 bits per heavy atom. The monoisotopic (exact) mass is 430 g/mol. The molecule has 0 saturated heterocycles. The molecule has 0 aromatic heterocycles. The van der Waals surface area contributed by atoms with E-state index in [1.807, 2.05) is 24.3 Å². The number of para-hydroxylation sites is 1. The van der Waals surface area contributed by atoms with Crippen molar-refractivity contribution in [3.8, 4) is 6.07 Å². The standard InChI is InChI=1S/C24H19ClN4O2/c1-28-18-6-3-2-5-16(18)24(23(28)31)17(13-26)22(27)29(15-11-9-14(25)10-12-15)19-7-4-8-20(30)21(19)24/h2-3,5-6,9-12H,4,7-8,27H2,1H3/t24-/m1/s1. The van der Waals surface area contributed by atoms with Crippen LogP contribution in [0.15, 0.2) is 71.2 Å². The van der Waals surface area contributed by atoms with E-state index >= 15 is 0 Å². The number of allylic oxidation sites excluding steroid dienone is 1. The van der Waals surface area contributed by atoms with E-state index in [0.717, 1.165) is 0 Å². The number of ketones is 1. The summed E-state index contributed by atoms with van der Waals surface area (Å²) in [5.74, 6) is -0.289. The Kier molecular flexibility index (Phi) is 4.21. The molecule has 2 aromatic rings. The molecule has 7 heteroatoms. The second kappa shape index (κ2) is 6.73. The predicted octanol–water partition coefficient (Wildman–Crippen LogP) is 3.78. The van der Waals surface area contributed by atoms with Gasteiger partial charge in [-0.1, -0.05) is 29.8 Å². The fraction of sp³-hybridized carbons (Fsp3) is 0.208. The SMILES string of the molecule is CN1C(=O)[C@@]2(C(C#N)=C(N)N(c3ccc(Cl)cc3)C3=C2C(=O)CCC3)c2ccccc21. The zero-order valence-corrected chi connectivity index (χ0v) is 17.6. The Labute approximate surface area is 184 Å². The van der Waals surface area contributed by atoms with E-state index in [-0.39, 0.29) is 23.1 Å². The molecule has 5 rings (SSSR count). The van der Waals surface area contributed by atoms with Crippen molar-refractivity contribution < 1.29 is 9.59 Å². The quantitative estimate of drug-likeness (QED) is 0.743. The molecule has 154 valence electrons. The zero-order valence-electron chi connectivity index (χ0n) is 16.9. The Morgan fingerprint density at radius 1 is 1.10 bits per heavy atom. The lowest BCUT2D eigenvalue weighted by Gasteiger charge is -2.43. The lowest BCUT2D eigenvalue weighted by molar-refractivity contribution is -0.124. The molecule has 2 aliphatic heterocycles. The smallest absolute Gasteiger partial charge is 0.247 e. The van der Waals surface area contributed by atoms with Crippen molar-refractivity contribution in [2.45, 2.75) is 24.7 Å². The first-order valence-electron chi connectivity index (χ1n) is 10.0. The van der Waals surface area contributed by atoms with Crippen LogP contribution in [0.3, 0.4) is 0 Å². The van der Waals surface area contributed by atoms with E-state index in [2.05, 4.69) is 6.07 Å². The van der Waals surface area contributed by atoms with Crippen molar-refractivity contribution in [3.63, 3.8) is 0 Å². The van der Waals surface area contributed by atoms with Crippen LogP contribution >= 0.6 is 11.6 Å². The third kappa shape index (κ3) is 2.38. The van der Waals surface area contributed by atoms with E-state index in [9.17, 15) is 14.9 Å². The molecule has 0 unspecified atom stereocenters. The molecule has 6 nitrogen and oxygen atoms in total. The minimum atomic E-state index is -1.51. The molecule has 31 heavy (non-hydrogen) atoms. The second-order valence-corrected chi connectivity index (χ2v) is 8.35. The lowest BCUT2D eigenvalue weighted by atomic mass is 9.64. The van der Waals surface area contributed by atoms with Crippen LogP contribution in [-0.4, -0.2) is 18.7 Å². The second-order valence-electron chi connectivity index (χ2n) is 7.91. The van der Waals surface area contributed by atoms with Gasteiger partial charge in [0.1, 0.15) is 17.3 Å². The minimum Gasteiger partial charge on any atom is -0.384 e. The van der Waals surface area contributed by atoms with Crippen molar-refractivity contribution in [1.82, 2.24) is 0 Å². The number of carbonyl (C=O) groups is 2. The molecule has 2 heterocycles. The molecule has 3 aliphatic rings. The number of halogens is 1. The van der Waals surface area contributed by atoms with E-state index in [4.69, 9.17) is 17.3 Å². The summed E-state index contributed by atoms with van der Waals surface area (Å²) in [6, 6.07) is 16.5. The van der Waals surface area contributed by atoms with Crippen molar-refractivity contribution in [1.29, 1.82) is 5.26 Å². The summed E-state index contributed by atoms with van der Waals surface area (Å²) < 4.78 is 0. The summed E-state index contributed by atoms with van der Waals surface area (Å²) in [6.07, 6.45) is 1.55. The van der Waals surface area contributed by atoms with Crippen LogP contribution in [0.1, 0.15) is 24.8 Å². The average Bonchev–Trinajstić information content (AvgIpc) is 2.98. The zero-order chi connectivity index (χ0) is 21.9. The number of nitrogens with zero attached hydrogens (tertiary/aromatic N) is 3. The van der Waals surface area contributed by atoms with Crippen LogP contribution in [0.5, 0.6) is 0 Å². The number of nitriles is 1. The van der Waals surface area contributed by atoms with Crippen molar-refractivity contribution in [3.05, 3.63) is 81.8 Å². The molecule has 2 aromatic carbocycles. The van der Waals surface area contributed by atoms with Crippen LogP contribution in [0.25, 0.3) is 0 Å². The van der Waals surface area contributed by atoms with Gasteiger partial charge in [-0.15, -0.1) is 0 Å². The van der Waals surface area contributed by atoms with Crippen LogP contribution in [0.2, 0.25) is 5.02 Å². The van der Waals surface area contributed by atoms with Gasteiger partial charge in [-0.2, -0.15) is 5.26 Å². The molecule has 1 spiro atoms. The van der Waals surface area contributed by atoms with Gasteiger partial charge in [0, 0.05) is 46.7 Å². The maximum Gasteiger partial charge on any atom is 0.247 e. The van der Waals surface area contributed by atoms with Crippen molar-refractivity contribution >= 4 is 34.7 Å². The number of fused-ring (bicyclic) bond motifs is 3. The van der Waals surface area contributed by atoms with Crippen molar-refractivity contribution in [2.24, 2.45) is 5.73 Å². The summed E-state index contributed by atoms with van der Waals surface area (Å²) >= 11 is 6.06. The van der Waals surface area contributed by atoms with Crippen LogP contribution in [0, 0.1) is 11.3 Å². The fourth-order valence-corrected chi connectivity index (χ4v) is 5.25. The number of Topliss-reactive ketones (excluding diaryl/α,β-unsaturated/α-hetero) is 1. The number of hydrogen-bond acceptors (Lipinski definition) is 5. The number of rotatable bonds is 1. The number of hydrogen-bond donors (Lipinski definition) is 1. The van der Waals surface area contributed by atoms with Gasteiger partial charge in [0.2, 0.25) is 5.91 Å². The van der Waals surface area contributed by atoms with Crippen LogP contribution < -0.4 is 15.5 Å². The first-order valence-corrected chi connectivity index (χ1v) is 10.4. The first kappa shape index (κ1) is 19.4. The van der Waals surface area contributed by atoms with Gasteiger partial charge in [0.15, 0.2) is 5.78 Å². The lowest BCUT2D eigenvalue weighted by Crippen LogP contribution is -2.52. The van der Waals surface area contributed by atoms with Gasteiger partial charge in [0.05, 0.1) is 5.57 Å². The number of benzene rings is 2. The molecular weight excluding hydrogens is 412 g/mol. The molecule has 1 amide bonds. The highest BCUT2D eigenvalue weighted by Crippen LogP contribution is 2.56.